The summed E-state index contributed by atoms with van der Waals surface area (Å²) in [6.07, 6.45) is 1.37. The fourth-order valence-electron chi connectivity index (χ4n) is 1.59. The van der Waals surface area contributed by atoms with Gasteiger partial charge in [0.2, 0.25) is 5.82 Å². The number of benzene rings is 1. The number of anilines is 1. The Morgan fingerprint density at radius 3 is 2.86 bits per heavy atom. The van der Waals surface area contributed by atoms with Gasteiger partial charge in [0.1, 0.15) is 17.7 Å². The molecule has 2 aromatic rings. The molecule has 0 aliphatic carbocycles. The van der Waals surface area contributed by atoms with Gasteiger partial charge in [-0.1, -0.05) is 0 Å². The fraction of sp³-hybridized carbons (Fsp3) is 0.0769. The first-order valence-electron chi connectivity index (χ1n) is 5.92. The zero-order valence-electron chi connectivity index (χ0n) is 11.4. The fourth-order valence-corrected chi connectivity index (χ4v) is 1.59. The van der Waals surface area contributed by atoms with Crippen LogP contribution in [-0.2, 0) is 4.74 Å². The molecule has 1 heterocycles. The van der Waals surface area contributed by atoms with Crippen LogP contribution in [0.4, 0.5) is 5.69 Å². The highest BCUT2D eigenvalue weighted by atomic mass is 16.5. The summed E-state index contributed by atoms with van der Waals surface area (Å²) in [7, 11) is 1.23. The van der Waals surface area contributed by atoms with Gasteiger partial charge < -0.3 is 10.1 Å². The number of rotatable bonds is 4. The number of methoxy groups -OCH3 is 1. The van der Waals surface area contributed by atoms with Crippen LogP contribution in [-0.4, -0.2) is 33.7 Å². The van der Waals surface area contributed by atoms with E-state index in [1.54, 1.807) is 6.07 Å². The minimum atomic E-state index is -0.622. The van der Waals surface area contributed by atoms with Gasteiger partial charge >= 0.3 is 5.97 Å². The Morgan fingerprint density at radius 2 is 2.27 bits per heavy atom. The average molecular weight is 295 g/mol. The summed E-state index contributed by atoms with van der Waals surface area (Å²) in [6.45, 7) is 0. The quantitative estimate of drug-likeness (QED) is 0.624. The Balaban J connectivity index is 2.29. The van der Waals surface area contributed by atoms with Crippen LogP contribution in [0.25, 0.3) is 5.57 Å². The number of hydrogen-bond acceptors (Lipinski definition) is 8. The normalized spacial score (nSPS) is 10.4. The molecule has 2 N–H and O–H groups in total. The third-order valence-corrected chi connectivity index (χ3v) is 2.64. The molecule has 0 atom stereocenters. The largest absolute Gasteiger partial charge is 0.465 e. The van der Waals surface area contributed by atoms with Gasteiger partial charge in [0.25, 0.3) is 0 Å². The van der Waals surface area contributed by atoms with Gasteiger partial charge in [-0.15, -0.1) is 10.2 Å². The second-order valence-electron chi connectivity index (χ2n) is 3.91. The van der Waals surface area contributed by atoms with Crippen molar-refractivity contribution in [1.82, 2.24) is 20.6 Å². The second-order valence-corrected chi connectivity index (χ2v) is 3.91. The van der Waals surface area contributed by atoms with Gasteiger partial charge in [0, 0.05) is 11.9 Å². The van der Waals surface area contributed by atoms with Crippen molar-refractivity contribution in [2.75, 3.05) is 12.4 Å². The Morgan fingerprint density at radius 1 is 1.45 bits per heavy atom. The lowest BCUT2D eigenvalue weighted by Gasteiger charge is -2.06. The standard InChI is InChI=1S/C13H9N7O2/c1-22-13(21)11-4-10(3-2-8(11)5-14)16-7-9(6-15)12-17-19-20-18-12/h2-4,7,16H,1H3,(H,17,18,19,20). The molecule has 22 heavy (non-hydrogen) atoms. The third kappa shape index (κ3) is 3.05. The van der Waals surface area contributed by atoms with Crippen molar-refractivity contribution in [2.24, 2.45) is 0 Å². The van der Waals surface area contributed by atoms with Crippen LogP contribution < -0.4 is 5.32 Å². The molecule has 1 aromatic heterocycles. The minimum absolute atomic E-state index is 0.126. The predicted octanol–water partition coefficient (Wildman–Crippen LogP) is 0.835. The molecule has 0 saturated carbocycles. The maximum atomic E-state index is 11.6. The van der Waals surface area contributed by atoms with E-state index in [2.05, 4.69) is 30.7 Å². The van der Waals surface area contributed by atoms with Crippen molar-refractivity contribution in [3.63, 3.8) is 0 Å². The molecule has 108 valence electrons. The molecule has 0 fully saturated rings. The summed E-state index contributed by atoms with van der Waals surface area (Å²) in [6, 6.07) is 8.34. The van der Waals surface area contributed by atoms with Crippen LogP contribution >= 0.6 is 0 Å². The Kier molecular flexibility index (Phi) is 4.43. The topological polar surface area (TPSA) is 140 Å². The number of hydrogen-bond donors (Lipinski definition) is 2. The lowest BCUT2D eigenvalue weighted by Crippen LogP contribution is -2.05. The first kappa shape index (κ1) is 14.7. The number of carbonyl (C=O) groups is 1. The van der Waals surface area contributed by atoms with Gasteiger partial charge in [-0.3, -0.25) is 0 Å². The number of ether oxygens (including phenoxy) is 1. The van der Waals surface area contributed by atoms with Crippen LogP contribution in [0.1, 0.15) is 21.7 Å². The number of carbonyl (C=O) groups excluding carboxylic acids is 1. The molecule has 9 heteroatoms. The zero-order valence-corrected chi connectivity index (χ0v) is 11.4. The molecule has 0 aliphatic heterocycles. The van der Waals surface area contributed by atoms with E-state index in [4.69, 9.17) is 10.5 Å². The van der Waals surface area contributed by atoms with E-state index >= 15 is 0 Å². The minimum Gasteiger partial charge on any atom is -0.465 e. The smallest absolute Gasteiger partial charge is 0.339 e. The molecule has 9 nitrogen and oxygen atoms in total. The monoisotopic (exact) mass is 295 g/mol. The summed E-state index contributed by atoms with van der Waals surface area (Å²) >= 11 is 0. The molecule has 0 spiro atoms. The maximum Gasteiger partial charge on any atom is 0.339 e. The highest BCUT2D eigenvalue weighted by Crippen LogP contribution is 2.17. The number of nitrogens with zero attached hydrogens (tertiary/aromatic N) is 5. The molecule has 2 rings (SSSR count). The highest BCUT2D eigenvalue weighted by molar-refractivity contribution is 5.93. The van der Waals surface area contributed by atoms with Crippen molar-refractivity contribution in [2.45, 2.75) is 0 Å². The summed E-state index contributed by atoms with van der Waals surface area (Å²) in [4.78, 5) is 11.6. The van der Waals surface area contributed by atoms with Crippen LogP contribution in [0, 0.1) is 22.7 Å². The maximum absolute atomic E-state index is 11.6. The van der Waals surface area contributed by atoms with Crippen molar-refractivity contribution in [3.05, 3.63) is 41.4 Å². The first-order chi connectivity index (χ1) is 10.7. The van der Waals surface area contributed by atoms with Gasteiger partial charge in [-0.05, 0) is 23.4 Å². The van der Waals surface area contributed by atoms with E-state index in [-0.39, 0.29) is 22.5 Å². The van der Waals surface area contributed by atoms with Crippen molar-refractivity contribution in [1.29, 1.82) is 10.5 Å². The Hall–Kier alpha value is -3.72. The Bertz CT molecular complexity index is 797. The molecule has 0 saturated heterocycles. The lowest BCUT2D eigenvalue weighted by molar-refractivity contribution is 0.0600. The van der Waals surface area contributed by atoms with Gasteiger partial charge in [0.15, 0.2) is 0 Å². The average Bonchev–Trinajstić information content (AvgIpc) is 3.09. The van der Waals surface area contributed by atoms with Gasteiger partial charge in [0.05, 0.1) is 18.2 Å². The summed E-state index contributed by atoms with van der Waals surface area (Å²) in [5, 5.41) is 33.8. The number of esters is 1. The van der Waals surface area contributed by atoms with E-state index in [0.29, 0.717) is 5.69 Å². The van der Waals surface area contributed by atoms with E-state index in [0.717, 1.165) is 0 Å². The van der Waals surface area contributed by atoms with E-state index < -0.39 is 5.97 Å². The number of nitriles is 2. The van der Waals surface area contributed by atoms with E-state index in [9.17, 15) is 4.79 Å². The SMILES string of the molecule is COC(=O)c1cc(NC=C(C#N)c2nn[nH]n2)ccc1C#N. The van der Waals surface area contributed by atoms with Crippen molar-refractivity contribution in [3.8, 4) is 12.1 Å². The molecular weight excluding hydrogens is 286 g/mol. The number of tetrazole rings is 1. The number of aromatic amines is 1. The van der Waals surface area contributed by atoms with Crippen molar-refractivity contribution >= 4 is 17.2 Å². The summed E-state index contributed by atoms with van der Waals surface area (Å²) in [5.74, 6) is -0.486. The van der Waals surface area contributed by atoms with E-state index in [1.165, 1.54) is 25.4 Å². The third-order valence-electron chi connectivity index (χ3n) is 2.64. The van der Waals surface area contributed by atoms with Gasteiger partial charge in [-0.25, -0.2) is 4.79 Å². The highest BCUT2D eigenvalue weighted by Gasteiger charge is 2.12. The second kappa shape index (κ2) is 6.63. The Labute approximate surface area is 124 Å². The molecule has 0 bridgehead atoms. The number of aromatic nitrogens is 4. The van der Waals surface area contributed by atoms with Crippen molar-refractivity contribution < 1.29 is 9.53 Å². The number of nitrogens with one attached hydrogen (secondary N) is 2. The molecular formula is C13H9N7O2. The molecule has 0 unspecified atom stereocenters. The van der Waals surface area contributed by atoms with Crippen LogP contribution in [0.5, 0.6) is 0 Å². The summed E-state index contributed by atoms with van der Waals surface area (Å²) < 4.78 is 4.62. The van der Waals surface area contributed by atoms with Gasteiger partial charge in [-0.2, -0.15) is 15.7 Å². The van der Waals surface area contributed by atoms with E-state index in [1.807, 2.05) is 12.1 Å². The molecule has 0 aliphatic rings. The number of H-pyrrole nitrogens is 1. The van der Waals surface area contributed by atoms with Crippen LogP contribution in [0.3, 0.4) is 0 Å². The lowest BCUT2D eigenvalue weighted by atomic mass is 10.1. The summed E-state index contributed by atoms with van der Waals surface area (Å²) in [5.41, 5.74) is 0.967. The van der Waals surface area contributed by atoms with Crippen LogP contribution in [0.2, 0.25) is 0 Å². The predicted molar refractivity (Wildman–Crippen MR) is 73.9 cm³/mol. The first-order valence-corrected chi connectivity index (χ1v) is 5.92. The zero-order chi connectivity index (χ0) is 15.9. The molecule has 1 aromatic carbocycles. The number of allylic oxidation sites excluding steroid dienone is 1. The van der Waals surface area contributed by atoms with Crippen LogP contribution in [0.15, 0.2) is 24.4 Å². The molecule has 0 amide bonds. The molecule has 0 radical (unpaired) electrons.